The number of quaternary nitrogens is 1. The molecule has 1 unspecified atom stereocenters. The summed E-state index contributed by atoms with van der Waals surface area (Å²) in [6, 6.07) is 16.5. The SMILES string of the molecule is C[N+](C)(C)CCOP(=O)(O)OC[C@@H](COC(=O)c1ccccc1)OC(=O)c1ccccc1. The number of likely N-dealkylation sites (N-methyl/N-ethyl adjacent to an activating group) is 1. The highest BCUT2D eigenvalue weighted by Gasteiger charge is 2.27. The molecule has 0 heterocycles. The zero-order valence-electron chi connectivity index (χ0n) is 18.4. The van der Waals surface area contributed by atoms with E-state index >= 15 is 0 Å². The van der Waals surface area contributed by atoms with Crippen LogP contribution in [0, 0.1) is 0 Å². The summed E-state index contributed by atoms with van der Waals surface area (Å²) in [5.74, 6) is -1.31. The normalized spacial score (nSPS) is 14.2. The number of phosphoric ester groups is 1. The zero-order chi connectivity index (χ0) is 23.6. The minimum atomic E-state index is -4.40. The molecule has 0 bridgehead atoms. The average Bonchev–Trinajstić information content (AvgIpc) is 2.75. The van der Waals surface area contributed by atoms with Crippen LogP contribution in [-0.4, -0.2) is 74.9 Å². The molecule has 0 aliphatic heterocycles. The van der Waals surface area contributed by atoms with Crippen LogP contribution in [0.25, 0.3) is 0 Å². The molecule has 2 atom stereocenters. The molecule has 1 N–H and O–H groups in total. The molecule has 2 aromatic carbocycles. The van der Waals surface area contributed by atoms with Crippen LogP contribution in [-0.2, 0) is 23.1 Å². The Morgan fingerprint density at radius 3 is 1.94 bits per heavy atom. The first-order chi connectivity index (χ1) is 15.1. The summed E-state index contributed by atoms with van der Waals surface area (Å²) < 4.78 is 33.2. The van der Waals surface area contributed by atoms with Crippen molar-refractivity contribution in [2.24, 2.45) is 0 Å². The van der Waals surface area contributed by atoms with Crippen molar-refractivity contribution < 1.29 is 42.1 Å². The minimum absolute atomic E-state index is 0.00522. The van der Waals surface area contributed by atoms with Crippen molar-refractivity contribution in [2.75, 3.05) is 47.5 Å². The maximum Gasteiger partial charge on any atom is 0.472 e. The van der Waals surface area contributed by atoms with Gasteiger partial charge in [0.1, 0.15) is 19.8 Å². The Morgan fingerprint density at radius 2 is 1.41 bits per heavy atom. The van der Waals surface area contributed by atoms with Gasteiger partial charge in [-0.1, -0.05) is 36.4 Å². The van der Waals surface area contributed by atoms with Gasteiger partial charge in [0.15, 0.2) is 6.10 Å². The lowest BCUT2D eigenvalue weighted by molar-refractivity contribution is -0.870. The molecule has 174 valence electrons. The summed E-state index contributed by atoms with van der Waals surface area (Å²) in [6.45, 7) is -0.395. The summed E-state index contributed by atoms with van der Waals surface area (Å²) in [4.78, 5) is 34.5. The molecule has 10 heteroatoms. The Kier molecular flexibility index (Phi) is 9.56. The van der Waals surface area contributed by atoms with E-state index in [2.05, 4.69) is 0 Å². The van der Waals surface area contributed by atoms with E-state index in [4.69, 9.17) is 18.5 Å². The van der Waals surface area contributed by atoms with Crippen molar-refractivity contribution in [3.63, 3.8) is 0 Å². The van der Waals surface area contributed by atoms with Crippen molar-refractivity contribution in [3.8, 4) is 0 Å². The second kappa shape index (κ2) is 11.9. The summed E-state index contributed by atoms with van der Waals surface area (Å²) in [6.07, 6.45) is -1.13. The Hall–Kier alpha value is -2.55. The largest absolute Gasteiger partial charge is 0.472 e. The van der Waals surface area contributed by atoms with Crippen LogP contribution in [0.1, 0.15) is 20.7 Å². The molecule has 0 amide bonds. The standard InChI is InChI=1S/C22H28NO8P/c1-23(2,3)14-15-29-32(26,27)30-17-20(31-22(25)19-12-8-5-9-13-19)16-28-21(24)18-10-6-4-7-11-18/h4-13,20H,14-17H2,1-3H3/p+1/t20-/m1/s1. The van der Waals surface area contributed by atoms with E-state index in [1.165, 1.54) is 0 Å². The van der Waals surface area contributed by atoms with E-state index in [1.54, 1.807) is 60.7 Å². The van der Waals surface area contributed by atoms with Gasteiger partial charge < -0.3 is 18.9 Å². The zero-order valence-corrected chi connectivity index (χ0v) is 19.3. The van der Waals surface area contributed by atoms with Crippen LogP contribution < -0.4 is 0 Å². The van der Waals surface area contributed by atoms with Crippen molar-refractivity contribution in [2.45, 2.75) is 6.10 Å². The first-order valence-corrected chi connectivity index (χ1v) is 11.5. The number of carbonyl (C=O) groups excluding carboxylic acids is 2. The van der Waals surface area contributed by atoms with Gasteiger partial charge in [-0.25, -0.2) is 14.2 Å². The molecule has 0 saturated carbocycles. The predicted octanol–water partition coefficient (Wildman–Crippen LogP) is 2.91. The number of carbonyl (C=O) groups is 2. The molecule has 0 aliphatic carbocycles. The maximum absolute atomic E-state index is 12.4. The van der Waals surface area contributed by atoms with Crippen LogP contribution in [0.3, 0.4) is 0 Å². The lowest BCUT2D eigenvalue weighted by atomic mass is 10.2. The molecule has 0 radical (unpaired) electrons. The van der Waals surface area contributed by atoms with Crippen LogP contribution in [0.2, 0.25) is 0 Å². The van der Waals surface area contributed by atoms with Gasteiger partial charge in [0.05, 0.1) is 38.9 Å². The second-order valence-corrected chi connectivity index (χ2v) is 9.42. The maximum atomic E-state index is 12.4. The molecular weight excluding hydrogens is 437 g/mol. The van der Waals surface area contributed by atoms with Crippen molar-refractivity contribution >= 4 is 19.8 Å². The van der Waals surface area contributed by atoms with E-state index in [0.717, 1.165) is 0 Å². The highest BCUT2D eigenvalue weighted by atomic mass is 31.2. The van der Waals surface area contributed by atoms with Crippen LogP contribution in [0.15, 0.2) is 60.7 Å². The minimum Gasteiger partial charge on any atom is -0.458 e. The van der Waals surface area contributed by atoms with Gasteiger partial charge in [-0.05, 0) is 24.3 Å². The highest BCUT2D eigenvalue weighted by molar-refractivity contribution is 7.47. The van der Waals surface area contributed by atoms with Crippen LogP contribution in [0.4, 0.5) is 0 Å². The number of esters is 2. The number of phosphoric acid groups is 1. The fourth-order valence-electron chi connectivity index (χ4n) is 2.38. The number of benzene rings is 2. The molecule has 0 aromatic heterocycles. The summed E-state index contributed by atoms with van der Waals surface area (Å²) in [7, 11) is 1.33. The number of rotatable bonds is 12. The van der Waals surface area contributed by atoms with E-state index in [0.29, 0.717) is 16.6 Å². The molecule has 32 heavy (non-hydrogen) atoms. The first kappa shape index (κ1) is 25.7. The van der Waals surface area contributed by atoms with Crippen molar-refractivity contribution in [1.82, 2.24) is 0 Å². The first-order valence-electron chi connectivity index (χ1n) is 9.96. The lowest BCUT2D eigenvalue weighted by Gasteiger charge is -2.24. The van der Waals surface area contributed by atoms with Crippen LogP contribution >= 0.6 is 7.82 Å². The molecule has 2 rings (SSSR count). The number of nitrogens with zero attached hydrogens (tertiary/aromatic N) is 1. The van der Waals surface area contributed by atoms with Gasteiger partial charge >= 0.3 is 19.8 Å². The molecule has 0 spiro atoms. The second-order valence-electron chi connectivity index (χ2n) is 7.97. The van der Waals surface area contributed by atoms with Gasteiger partial charge in [0, 0.05) is 0 Å². The molecule has 0 saturated heterocycles. The summed E-state index contributed by atoms with van der Waals surface area (Å²) in [5, 5.41) is 0. The fraction of sp³-hybridized carbons (Fsp3) is 0.364. The molecule has 0 aliphatic rings. The topological polar surface area (TPSA) is 108 Å². The van der Waals surface area contributed by atoms with Crippen molar-refractivity contribution in [3.05, 3.63) is 71.8 Å². The predicted molar refractivity (Wildman–Crippen MR) is 117 cm³/mol. The molecular formula is C22H29NO8P+. The van der Waals surface area contributed by atoms with Crippen molar-refractivity contribution in [1.29, 1.82) is 0 Å². The molecule has 0 fully saturated rings. The Labute approximate surface area is 187 Å². The fourth-order valence-corrected chi connectivity index (χ4v) is 3.12. The van der Waals surface area contributed by atoms with E-state index < -0.39 is 32.5 Å². The Balaban J connectivity index is 1.98. The quantitative estimate of drug-likeness (QED) is 0.289. The lowest BCUT2D eigenvalue weighted by Crippen LogP contribution is -2.37. The third kappa shape index (κ3) is 9.72. The van der Waals surface area contributed by atoms with Crippen LogP contribution in [0.5, 0.6) is 0 Å². The van der Waals surface area contributed by atoms with Gasteiger partial charge in [-0.2, -0.15) is 0 Å². The molecule has 9 nitrogen and oxygen atoms in total. The molecule has 2 aromatic rings. The third-order valence-electron chi connectivity index (χ3n) is 4.13. The average molecular weight is 466 g/mol. The van der Waals surface area contributed by atoms with Gasteiger partial charge in [0.2, 0.25) is 0 Å². The monoisotopic (exact) mass is 466 g/mol. The highest BCUT2D eigenvalue weighted by Crippen LogP contribution is 2.43. The Bertz CT molecular complexity index is 915. The number of hydrogen-bond donors (Lipinski definition) is 1. The Morgan fingerprint density at radius 1 is 0.875 bits per heavy atom. The number of ether oxygens (including phenoxy) is 2. The van der Waals surface area contributed by atoms with E-state index in [9.17, 15) is 19.0 Å². The number of hydrogen-bond acceptors (Lipinski definition) is 7. The summed E-state index contributed by atoms with van der Waals surface area (Å²) >= 11 is 0. The van der Waals surface area contributed by atoms with E-state index in [1.807, 2.05) is 21.1 Å². The van der Waals surface area contributed by atoms with Gasteiger partial charge in [0.25, 0.3) is 0 Å². The van der Waals surface area contributed by atoms with Gasteiger partial charge in [-0.3, -0.25) is 9.05 Å². The van der Waals surface area contributed by atoms with E-state index in [-0.39, 0.29) is 18.8 Å². The summed E-state index contributed by atoms with van der Waals surface area (Å²) in [5.41, 5.74) is 0.594. The smallest absolute Gasteiger partial charge is 0.458 e. The third-order valence-corrected chi connectivity index (χ3v) is 5.12. The van der Waals surface area contributed by atoms with Gasteiger partial charge in [-0.15, -0.1) is 0 Å².